The number of thioether (sulfide) groups is 1. The minimum atomic E-state index is -0.209. The first kappa shape index (κ1) is 16.3. The van der Waals surface area contributed by atoms with E-state index in [1.165, 1.54) is 16.6 Å². The predicted molar refractivity (Wildman–Crippen MR) is 91.9 cm³/mol. The molecular weight excluding hydrogens is 332 g/mol. The van der Waals surface area contributed by atoms with Crippen molar-refractivity contribution in [3.63, 3.8) is 0 Å². The molecule has 0 aliphatic carbocycles. The molecule has 1 N–H and O–H groups in total. The van der Waals surface area contributed by atoms with Crippen molar-refractivity contribution in [1.29, 1.82) is 0 Å². The monoisotopic (exact) mass is 352 g/mol. The summed E-state index contributed by atoms with van der Waals surface area (Å²) in [6, 6.07) is 4.34. The fourth-order valence-corrected chi connectivity index (χ4v) is 4.62. The Bertz CT molecular complexity index is 707. The number of thiophene rings is 1. The van der Waals surface area contributed by atoms with E-state index >= 15 is 0 Å². The Morgan fingerprint density at radius 2 is 2.43 bits per heavy atom. The Kier molecular flexibility index (Phi) is 5.22. The van der Waals surface area contributed by atoms with Gasteiger partial charge in [-0.2, -0.15) is 0 Å². The van der Waals surface area contributed by atoms with Crippen LogP contribution >= 0.6 is 23.1 Å². The number of aromatic nitrogens is 3. The topological polar surface area (TPSA) is 71.0 Å². The zero-order valence-electron chi connectivity index (χ0n) is 13.0. The minimum absolute atomic E-state index is 0.115. The van der Waals surface area contributed by atoms with Gasteiger partial charge in [-0.1, -0.05) is 24.8 Å². The van der Waals surface area contributed by atoms with Gasteiger partial charge in [0, 0.05) is 18.0 Å². The molecule has 0 bridgehead atoms. The largest absolute Gasteiger partial charge is 0.343 e. The maximum absolute atomic E-state index is 12.6. The first-order valence-corrected chi connectivity index (χ1v) is 9.68. The number of carbonyl (C=O) groups is 1. The second-order valence-corrected chi connectivity index (χ2v) is 7.43. The zero-order chi connectivity index (χ0) is 16.2. The number of H-pyrrole nitrogens is 1. The molecule has 0 saturated carbocycles. The van der Waals surface area contributed by atoms with E-state index in [4.69, 9.17) is 0 Å². The highest BCUT2D eigenvalue weighted by Crippen LogP contribution is 2.35. The van der Waals surface area contributed by atoms with E-state index < -0.39 is 0 Å². The molecule has 1 amide bonds. The molecule has 2 aromatic heterocycles. The number of hydrogen-bond acceptors (Lipinski definition) is 5. The zero-order valence-corrected chi connectivity index (χ0v) is 14.7. The van der Waals surface area contributed by atoms with Crippen LogP contribution < -0.4 is 5.69 Å². The summed E-state index contributed by atoms with van der Waals surface area (Å²) in [6.45, 7) is 3.44. The van der Waals surface area contributed by atoms with E-state index in [1.807, 2.05) is 17.9 Å². The molecule has 8 heteroatoms. The first-order chi connectivity index (χ1) is 11.2. The number of hydrogen-bond donors (Lipinski definition) is 1. The van der Waals surface area contributed by atoms with Crippen LogP contribution in [0.25, 0.3) is 0 Å². The van der Waals surface area contributed by atoms with Gasteiger partial charge in [0.15, 0.2) is 5.16 Å². The van der Waals surface area contributed by atoms with Gasteiger partial charge in [0.25, 0.3) is 0 Å². The first-order valence-electron chi connectivity index (χ1n) is 7.81. The van der Waals surface area contributed by atoms with E-state index in [0.717, 1.165) is 25.8 Å². The lowest BCUT2D eigenvalue weighted by Crippen LogP contribution is -2.31. The molecule has 3 heterocycles. The molecular formula is C15H20N4O2S2. The third-order valence-corrected chi connectivity index (χ3v) is 5.87. The number of aromatic amines is 1. The van der Waals surface area contributed by atoms with Crippen LogP contribution in [0.5, 0.6) is 0 Å². The molecule has 1 aliphatic rings. The minimum Gasteiger partial charge on any atom is -0.334 e. The van der Waals surface area contributed by atoms with Crippen molar-refractivity contribution in [2.45, 2.75) is 43.9 Å². The number of nitrogens with one attached hydrogen (secondary N) is 1. The van der Waals surface area contributed by atoms with E-state index in [-0.39, 0.29) is 17.6 Å². The summed E-state index contributed by atoms with van der Waals surface area (Å²) < 4.78 is 1.60. The molecule has 124 valence electrons. The molecule has 6 nitrogen and oxygen atoms in total. The van der Waals surface area contributed by atoms with Crippen LogP contribution in [0.4, 0.5) is 0 Å². The Balaban J connectivity index is 1.64. The van der Waals surface area contributed by atoms with E-state index in [9.17, 15) is 9.59 Å². The average molecular weight is 352 g/mol. The lowest BCUT2D eigenvalue weighted by atomic mass is 10.2. The Morgan fingerprint density at radius 1 is 1.57 bits per heavy atom. The fourth-order valence-electron chi connectivity index (χ4n) is 2.89. The van der Waals surface area contributed by atoms with Crippen molar-refractivity contribution >= 4 is 29.0 Å². The summed E-state index contributed by atoms with van der Waals surface area (Å²) >= 11 is 3.04. The summed E-state index contributed by atoms with van der Waals surface area (Å²) in [5.41, 5.74) is -0.209. The van der Waals surface area contributed by atoms with Gasteiger partial charge in [-0.3, -0.25) is 9.36 Å². The van der Waals surface area contributed by atoms with Crippen LogP contribution in [-0.4, -0.2) is 37.9 Å². The van der Waals surface area contributed by atoms with Crippen molar-refractivity contribution in [2.24, 2.45) is 0 Å². The standard InChI is InChI=1S/C15H20N4O2S2/c1-2-7-19-14(21)16-17-15(19)23-10-13(20)18-8-3-5-11(18)12-6-4-9-22-12/h4,6,9,11H,2-3,5,7-8,10H2,1H3,(H,16,21). The molecule has 3 rings (SSSR count). The van der Waals surface area contributed by atoms with Crippen molar-refractivity contribution in [1.82, 2.24) is 19.7 Å². The SMILES string of the molecule is CCCn1c(SCC(=O)N2CCCC2c2cccs2)n[nH]c1=O. The highest BCUT2D eigenvalue weighted by atomic mass is 32.2. The Hall–Kier alpha value is -1.54. The van der Waals surface area contributed by atoms with Crippen molar-refractivity contribution in [3.8, 4) is 0 Å². The van der Waals surface area contributed by atoms with Crippen LogP contribution in [0, 0.1) is 0 Å². The number of rotatable bonds is 6. The molecule has 1 aliphatic heterocycles. The lowest BCUT2D eigenvalue weighted by Gasteiger charge is -2.23. The van der Waals surface area contributed by atoms with Gasteiger partial charge in [0.1, 0.15) is 0 Å². The number of nitrogens with zero attached hydrogens (tertiary/aromatic N) is 3. The summed E-state index contributed by atoms with van der Waals surface area (Å²) in [6.07, 6.45) is 2.93. The number of amides is 1. The number of likely N-dealkylation sites (tertiary alicyclic amines) is 1. The fraction of sp³-hybridized carbons (Fsp3) is 0.533. The normalized spacial score (nSPS) is 17.8. The summed E-state index contributed by atoms with van der Waals surface area (Å²) in [7, 11) is 0. The van der Waals surface area contributed by atoms with E-state index in [0.29, 0.717) is 17.5 Å². The molecule has 0 radical (unpaired) electrons. The van der Waals surface area contributed by atoms with E-state index in [2.05, 4.69) is 21.6 Å². The molecule has 0 aromatic carbocycles. The second kappa shape index (κ2) is 7.35. The highest BCUT2D eigenvalue weighted by molar-refractivity contribution is 7.99. The van der Waals surface area contributed by atoms with Gasteiger partial charge in [0.2, 0.25) is 5.91 Å². The summed E-state index contributed by atoms with van der Waals surface area (Å²) in [5.74, 6) is 0.431. The summed E-state index contributed by atoms with van der Waals surface area (Å²) in [5, 5.41) is 9.13. The molecule has 2 aromatic rings. The third kappa shape index (κ3) is 3.53. The van der Waals surface area contributed by atoms with Gasteiger partial charge in [-0.25, -0.2) is 9.89 Å². The van der Waals surface area contributed by atoms with Crippen LogP contribution in [0.3, 0.4) is 0 Å². The third-order valence-electron chi connectivity index (χ3n) is 3.94. The van der Waals surface area contributed by atoms with Crippen molar-refractivity contribution in [2.75, 3.05) is 12.3 Å². The molecule has 1 fully saturated rings. The highest BCUT2D eigenvalue weighted by Gasteiger charge is 2.30. The maximum Gasteiger partial charge on any atom is 0.343 e. The van der Waals surface area contributed by atoms with Gasteiger partial charge in [-0.05, 0) is 30.7 Å². The Labute approximate surface area is 142 Å². The quantitative estimate of drug-likeness (QED) is 0.811. The average Bonchev–Trinajstić information content (AvgIpc) is 3.26. The van der Waals surface area contributed by atoms with Crippen molar-refractivity contribution in [3.05, 3.63) is 32.9 Å². The summed E-state index contributed by atoms with van der Waals surface area (Å²) in [4.78, 5) is 27.5. The van der Waals surface area contributed by atoms with Crippen LogP contribution in [-0.2, 0) is 11.3 Å². The van der Waals surface area contributed by atoms with Crippen molar-refractivity contribution < 1.29 is 4.79 Å². The number of carbonyl (C=O) groups excluding carboxylic acids is 1. The second-order valence-electron chi connectivity index (χ2n) is 5.51. The van der Waals surface area contributed by atoms with Crippen LogP contribution in [0.2, 0.25) is 0 Å². The molecule has 1 saturated heterocycles. The van der Waals surface area contributed by atoms with Gasteiger partial charge >= 0.3 is 5.69 Å². The molecule has 1 unspecified atom stereocenters. The predicted octanol–water partition coefficient (Wildman–Crippen LogP) is 2.50. The smallest absolute Gasteiger partial charge is 0.334 e. The van der Waals surface area contributed by atoms with Gasteiger partial charge in [0.05, 0.1) is 11.8 Å². The maximum atomic E-state index is 12.6. The van der Waals surface area contributed by atoms with Gasteiger partial charge < -0.3 is 4.90 Å². The van der Waals surface area contributed by atoms with Gasteiger partial charge in [-0.15, -0.1) is 16.4 Å². The lowest BCUT2D eigenvalue weighted by molar-refractivity contribution is -0.129. The Morgan fingerprint density at radius 3 is 3.17 bits per heavy atom. The van der Waals surface area contributed by atoms with Crippen LogP contribution in [0.15, 0.2) is 27.5 Å². The molecule has 23 heavy (non-hydrogen) atoms. The van der Waals surface area contributed by atoms with E-state index in [1.54, 1.807) is 15.9 Å². The molecule has 0 spiro atoms. The molecule has 1 atom stereocenters. The van der Waals surface area contributed by atoms with Crippen LogP contribution in [0.1, 0.15) is 37.1 Å².